The number of carbonyl (C=O) groups excluding carboxylic acids is 1. The van der Waals surface area contributed by atoms with Gasteiger partial charge in [0.15, 0.2) is 0 Å². The third-order valence-electron chi connectivity index (χ3n) is 9.08. The van der Waals surface area contributed by atoms with Crippen LogP contribution in [0, 0.1) is 0 Å². The van der Waals surface area contributed by atoms with Crippen molar-refractivity contribution in [2.75, 3.05) is 51.4 Å². The molecule has 9 nitrogen and oxygen atoms in total. The molecular weight excluding hydrogens is 526 g/mol. The summed E-state index contributed by atoms with van der Waals surface area (Å²) in [6.07, 6.45) is 9.66. The van der Waals surface area contributed by atoms with Crippen molar-refractivity contribution in [1.82, 2.24) is 19.4 Å². The quantitative estimate of drug-likeness (QED) is 0.327. The molecule has 4 aromatic rings. The minimum Gasteiger partial charge on any atom is -0.495 e. The molecule has 1 saturated heterocycles. The summed E-state index contributed by atoms with van der Waals surface area (Å²) in [6, 6.07) is 17.0. The Hall–Kier alpha value is -3.95. The number of hydrogen-bond donors (Lipinski definition) is 2. The number of nitrogens with one attached hydrogen (secondary N) is 2. The van der Waals surface area contributed by atoms with Gasteiger partial charge in [-0.1, -0.05) is 41.4 Å². The summed E-state index contributed by atoms with van der Waals surface area (Å²) in [4.78, 5) is 25.6. The van der Waals surface area contributed by atoms with Gasteiger partial charge in [0.2, 0.25) is 23.7 Å². The first-order valence-corrected chi connectivity index (χ1v) is 15.1. The van der Waals surface area contributed by atoms with E-state index in [-0.39, 0.29) is 5.91 Å². The molecule has 2 fully saturated rings. The standard InChI is InChI=1S/C33H41N7O2/c1-38-16-18-39(19-17-38)25-10-12-26(13-11-25)40-21-27(31-32(34)35-22-36-33(31)40)24-9-14-28(29(20-24)42-2)37-30(41)15-8-23-6-4-3-5-7-23/h3-7,9,14,20-22,25-26H,8,10-13,15-19H2,1-2H3,(H,37,41)(H2,34,35,36)/p+1. The number of aromatic amines is 1. The van der Waals surface area contributed by atoms with Crippen LogP contribution in [0.3, 0.4) is 0 Å². The highest BCUT2D eigenvalue weighted by atomic mass is 16.5. The number of aromatic nitrogens is 3. The number of piperazine rings is 1. The van der Waals surface area contributed by atoms with Crippen LogP contribution in [0.1, 0.15) is 43.7 Å². The molecule has 0 radical (unpaired) electrons. The van der Waals surface area contributed by atoms with E-state index in [1.807, 2.05) is 48.5 Å². The van der Waals surface area contributed by atoms with Crippen molar-refractivity contribution in [1.29, 1.82) is 0 Å². The van der Waals surface area contributed by atoms with Gasteiger partial charge in [-0.3, -0.25) is 14.3 Å². The number of benzene rings is 2. The highest BCUT2D eigenvalue weighted by Gasteiger charge is 2.32. The van der Waals surface area contributed by atoms with Gasteiger partial charge in [0.25, 0.3) is 0 Å². The van der Waals surface area contributed by atoms with Crippen LogP contribution in [0.2, 0.25) is 0 Å². The first-order chi connectivity index (χ1) is 20.5. The minimum absolute atomic E-state index is 0.0447. The summed E-state index contributed by atoms with van der Waals surface area (Å²) < 4.78 is 8.10. The van der Waals surface area contributed by atoms with Crippen LogP contribution in [-0.4, -0.2) is 71.6 Å². The minimum atomic E-state index is -0.0447. The number of anilines is 2. The molecule has 0 bridgehead atoms. The number of rotatable bonds is 8. The molecular formula is C33H42N7O2+. The third-order valence-corrected chi connectivity index (χ3v) is 9.08. The van der Waals surface area contributed by atoms with E-state index in [1.165, 1.54) is 25.9 Å². The maximum absolute atomic E-state index is 12.7. The Morgan fingerprint density at radius 3 is 2.52 bits per heavy atom. The second kappa shape index (κ2) is 12.5. The zero-order valence-corrected chi connectivity index (χ0v) is 24.7. The highest BCUT2D eigenvalue weighted by Crippen LogP contribution is 2.40. The van der Waals surface area contributed by atoms with Crippen LogP contribution < -0.4 is 20.8 Å². The van der Waals surface area contributed by atoms with Crippen molar-refractivity contribution >= 4 is 28.4 Å². The SMILES string of the molecule is COc1cc(-c2cn(C3CCC(N4CCN(C)CC4)CC3)c3[nH+]cnc(N)c23)ccc1NC(=O)CCc1ccccc1. The predicted octanol–water partition coefficient (Wildman–Crippen LogP) is 4.41. The van der Waals surface area contributed by atoms with Crippen LogP contribution in [0.25, 0.3) is 22.2 Å². The summed E-state index contributed by atoms with van der Waals surface area (Å²) in [5.41, 5.74) is 11.2. The largest absolute Gasteiger partial charge is 0.495 e. The van der Waals surface area contributed by atoms with Gasteiger partial charge in [-0.2, -0.15) is 0 Å². The van der Waals surface area contributed by atoms with Gasteiger partial charge in [-0.05, 0) is 62.4 Å². The summed E-state index contributed by atoms with van der Waals surface area (Å²) >= 11 is 0. The number of hydrogen-bond acceptors (Lipinski definition) is 6. The van der Waals surface area contributed by atoms with E-state index >= 15 is 0 Å². The second-order valence-electron chi connectivity index (χ2n) is 11.7. The lowest BCUT2D eigenvalue weighted by molar-refractivity contribution is -0.354. The Kier molecular flexibility index (Phi) is 8.39. The number of nitrogens with zero attached hydrogens (tertiary/aromatic N) is 4. The average Bonchev–Trinajstić information content (AvgIpc) is 3.42. The highest BCUT2D eigenvalue weighted by molar-refractivity contribution is 6.00. The number of amides is 1. The molecule has 1 amide bonds. The van der Waals surface area contributed by atoms with Gasteiger partial charge in [-0.25, -0.2) is 4.98 Å². The lowest BCUT2D eigenvalue weighted by Crippen LogP contribution is -2.49. The van der Waals surface area contributed by atoms with E-state index in [0.29, 0.717) is 42.2 Å². The average molecular weight is 569 g/mol. The monoisotopic (exact) mass is 568 g/mol. The van der Waals surface area contributed by atoms with Crippen molar-refractivity contribution in [3.63, 3.8) is 0 Å². The molecule has 2 aromatic carbocycles. The molecule has 9 heteroatoms. The molecule has 42 heavy (non-hydrogen) atoms. The Balaban J connectivity index is 1.21. The Morgan fingerprint density at radius 2 is 1.79 bits per heavy atom. The van der Waals surface area contributed by atoms with Crippen LogP contribution in [-0.2, 0) is 11.2 Å². The number of nitrogens with two attached hydrogens (primary N) is 1. The number of nitrogen functional groups attached to an aromatic ring is 1. The second-order valence-corrected chi connectivity index (χ2v) is 11.7. The fourth-order valence-electron chi connectivity index (χ4n) is 6.63. The molecule has 0 atom stereocenters. The van der Waals surface area contributed by atoms with Crippen LogP contribution in [0.15, 0.2) is 61.1 Å². The van der Waals surface area contributed by atoms with Crippen LogP contribution >= 0.6 is 0 Å². The first-order valence-electron chi connectivity index (χ1n) is 15.1. The Morgan fingerprint density at radius 1 is 1.05 bits per heavy atom. The maximum atomic E-state index is 12.7. The topological polar surface area (TPSA) is 103 Å². The molecule has 0 spiro atoms. The van der Waals surface area contributed by atoms with E-state index in [2.05, 4.69) is 42.9 Å². The molecule has 4 N–H and O–H groups in total. The number of likely N-dealkylation sites (N-methyl/N-ethyl adjacent to an activating group) is 1. The van der Waals surface area contributed by atoms with E-state index in [4.69, 9.17) is 10.5 Å². The third kappa shape index (κ3) is 5.98. The number of fused-ring (bicyclic) bond motifs is 1. The lowest BCUT2D eigenvalue weighted by Gasteiger charge is -2.40. The summed E-state index contributed by atoms with van der Waals surface area (Å²) in [5, 5.41) is 3.95. The van der Waals surface area contributed by atoms with Gasteiger partial charge in [-0.15, -0.1) is 0 Å². The number of methoxy groups -OCH3 is 1. The molecule has 2 aliphatic rings. The van der Waals surface area contributed by atoms with Crippen molar-refractivity contribution in [2.24, 2.45) is 0 Å². The van der Waals surface area contributed by atoms with Crippen molar-refractivity contribution in [3.05, 3.63) is 66.6 Å². The predicted molar refractivity (Wildman–Crippen MR) is 166 cm³/mol. The molecule has 6 rings (SSSR count). The van der Waals surface area contributed by atoms with Crippen LogP contribution in [0.5, 0.6) is 5.75 Å². The van der Waals surface area contributed by atoms with E-state index in [9.17, 15) is 4.79 Å². The van der Waals surface area contributed by atoms with Gasteiger partial charge in [0.05, 0.1) is 25.0 Å². The number of aryl methyl sites for hydroxylation is 1. The number of carbonyl (C=O) groups is 1. The normalized spacial score (nSPS) is 20.0. The summed E-state index contributed by atoms with van der Waals surface area (Å²) in [7, 11) is 3.84. The van der Waals surface area contributed by atoms with E-state index in [0.717, 1.165) is 53.7 Å². The van der Waals surface area contributed by atoms with E-state index < -0.39 is 0 Å². The maximum Gasteiger partial charge on any atom is 0.239 e. The Labute approximate surface area is 247 Å². The lowest BCUT2D eigenvalue weighted by atomic mass is 9.89. The summed E-state index contributed by atoms with van der Waals surface area (Å²) in [5.74, 6) is 1.07. The molecule has 3 heterocycles. The fourth-order valence-corrected chi connectivity index (χ4v) is 6.63. The van der Waals surface area contributed by atoms with Crippen molar-refractivity contribution < 1.29 is 14.5 Å². The molecule has 1 aliphatic heterocycles. The summed E-state index contributed by atoms with van der Waals surface area (Å²) in [6.45, 7) is 4.66. The fraction of sp³-hybridized carbons (Fsp3) is 0.424. The molecule has 1 saturated carbocycles. The van der Waals surface area contributed by atoms with E-state index in [1.54, 1.807) is 13.4 Å². The molecule has 0 unspecified atom stereocenters. The molecule has 220 valence electrons. The zero-order chi connectivity index (χ0) is 29.1. The zero-order valence-electron chi connectivity index (χ0n) is 24.7. The molecule has 1 aliphatic carbocycles. The smallest absolute Gasteiger partial charge is 0.239 e. The number of ether oxygens (including phenoxy) is 1. The van der Waals surface area contributed by atoms with Crippen molar-refractivity contribution in [2.45, 2.75) is 50.6 Å². The first kappa shape index (κ1) is 28.2. The van der Waals surface area contributed by atoms with Gasteiger partial charge >= 0.3 is 0 Å². The Bertz CT molecular complexity index is 1520. The number of H-pyrrole nitrogens is 1. The molecule has 2 aromatic heterocycles. The van der Waals surface area contributed by atoms with Crippen LogP contribution in [0.4, 0.5) is 11.5 Å². The van der Waals surface area contributed by atoms with Gasteiger partial charge in [0.1, 0.15) is 11.1 Å². The van der Waals surface area contributed by atoms with Gasteiger partial charge < -0.3 is 20.7 Å². The van der Waals surface area contributed by atoms with Crippen molar-refractivity contribution in [3.8, 4) is 16.9 Å². The van der Waals surface area contributed by atoms with Gasteiger partial charge in [0, 0.05) is 44.2 Å².